The van der Waals surface area contributed by atoms with Gasteiger partial charge in [-0.3, -0.25) is 0 Å². The van der Waals surface area contributed by atoms with E-state index in [1.165, 1.54) is 6.07 Å². The van der Waals surface area contributed by atoms with Gasteiger partial charge in [-0.1, -0.05) is 24.3 Å². The van der Waals surface area contributed by atoms with Gasteiger partial charge in [0.05, 0.1) is 5.69 Å². The van der Waals surface area contributed by atoms with Crippen molar-refractivity contribution in [3.8, 4) is 0 Å². The molecule has 1 saturated heterocycles. The van der Waals surface area contributed by atoms with Crippen molar-refractivity contribution in [3.05, 3.63) is 65.0 Å². The molecule has 4 nitrogen and oxygen atoms in total. The molecule has 1 N–H and O–H groups in total. The SMILES string of the molecule is Cc1ccccc1CNC(=O)N1CCN(c2ccc(F)c(F)c2F)CC1. The van der Waals surface area contributed by atoms with Gasteiger partial charge in [-0.05, 0) is 30.2 Å². The summed E-state index contributed by atoms with van der Waals surface area (Å²) in [6, 6.07) is 9.74. The molecule has 1 heterocycles. The van der Waals surface area contributed by atoms with Gasteiger partial charge in [0.15, 0.2) is 17.5 Å². The van der Waals surface area contributed by atoms with Crippen LogP contribution in [-0.2, 0) is 6.54 Å². The Morgan fingerprint density at radius 1 is 1.00 bits per heavy atom. The molecule has 0 unspecified atom stereocenters. The smallest absolute Gasteiger partial charge is 0.317 e. The predicted octanol–water partition coefficient (Wildman–Crippen LogP) is 3.44. The number of aryl methyl sites for hydroxylation is 1. The summed E-state index contributed by atoms with van der Waals surface area (Å²) in [5, 5.41) is 2.88. The molecular formula is C19H20F3N3O. The molecule has 1 aliphatic rings. The fourth-order valence-electron chi connectivity index (χ4n) is 3.00. The third-order valence-corrected chi connectivity index (χ3v) is 4.61. The van der Waals surface area contributed by atoms with Crippen molar-refractivity contribution >= 4 is 11.7 Å². The number of hydrogen-bond acceptors (Lipinski definition) is 2. The molecule has 0 aliphatic carbocycles. The Kier molecular flexibility index (Phi) is 5.35. The molecule has 3 rings (SSSR count). The van der Waals surface area contributed by atoms with Gasteiger partial charge < -0.3 is 15.1 Å². The zero-order chi connectivity index (χ0) is 18.7. The Bertz CT molecular complexity index is 805. The molecule has 0 radical (unpaired) electrons. The van der Waals surface area contributed by atoms with E-state index in [4.69, 9.17) is 0 Å². The highest BCUT2D eigenvalue weighted by atomic mass is 19.2. The van der Waals surface area contributed by atoms with Gasteiger partial charge in [-0.15, -0.1) is 0 Å². The van der Waals surface area contributed by atoms with E-state index >= 15 is 0 Å². The van der Waals surface area contributed by atoms with Crippen molar-refractivity contribution in [3.63, 3.8) is 0 Å². The molecule has 0 aromatic heterocycles. The van der Waals surface area contributed by atoms with Crippen molar-refractivity contribution in [2.45, 2.75) is 13.5 Å². The first-order valence-electron chi connectivity index (χ1n) is 8.43. The molecule has 0 saturated carbocycles. The van der Waals surface area contributed by atoms with Crippen molar-refractivity contribution in [2.24, 2.45) is 0 Å². The number of halogens is 3. The van der Waals surface area contributed by atoms with E-state index in [1.54, 1.807) is 9.80 Å². The number of carbonyl (C=O) groups is 1. The van der Waals surface area contributed by atoms with E-state index in [0.717, 1.165) is 17.2 Å². The molecule has 1 aliphatic heterocycles. The number of nitrogens with one attached hydrogen (secondary N) is 1. The lowest BCUT2D eigenvalue weighted by Crippen LogP contribution is -2.52. The van der Waals surface area contributed by atoms with E-state index in [9.17, 15) is 18.0 Å². The summed E-state index contributed by atoms with van der Waals surface area (Å²) < 4.78 is 40.3. The molecule has 0 atom stereocenters. The molecule has 7 heteroatoms. The van der Waals surface area contributed by atoms with Crippen LogP contribution in [0.4, 0.5) is 23.7 Å². The van der Waals surface area contributed by atoms with Gasteiger partial charge in [0, 0.05) is 32.7 Å². The second-order valence-corrected chi connectivity index (χ2v) is 6.25. The summed E-state index contributed by atoms with van der Waals surface area (Å²) in [5.41, 5.74) is 2.17. The van der Waals surface area contributed by atoms with E-state index in [1.807, 2.05) is 31.2 Å². The highest BCUT2D eigenvalue weighted by Crippen LogP contribution is 2.24. The van der Waals surface area contributed by atoms with Crippen LogP contribution in [0.3, 0.4) is 0 Å². The topological polar surface area (TPSA) is 35.6 Å². The first kappa shape index (κ1) is 18.1. The minimum atomic E-state index is -1.47. The molecule has 2 amide bonds. The lowest BCUT2D eigenvalue weighted by atomic mass is 10.1. The van der Waals surface area contributed by atoms with Gasteiger partial charge in [-0.2, -0.15) is 0 Å². The molecule has 0 spiro atoms. The maximum absolute atomic E-state index is 13.9. The number of carbonyl (C=O) groups excluding carboxylic acids is 1. The zero-order valence-corrected chi connectivity index (χ0v) is 14.4. The monoisotopic (exact) mass is 363 g/mol. The van der Waals surface area contributed by atoms with Crippen molar-refractivity contribution < 1.29 is 18.0 Å². The highest BCUT2D eigenvalue weighted by Gasteiger charge is 2.24. The molecule has 26 heavy (non-hydrogen) atoms. The maximum atomic E-state index is 13.9. The van der Waals surface area contributed by atoms with Gasteiger partial charge >= 0.3 is 6.03 Å². The quantitative estimate of drug-likeness (QED) is 0.848. The zero-order valence-electron chi connectivity index (χ0n) is 14.4. The second-order valence-electron chi connectivity index (χ2n) is 6.25. The summed E-state index contributed by atoms with van der Waals surface area (Å²) in [6.45, 7) is 3.86. The van der Waals surface area contributed by atoms with E-state index in [0.29, 0.717) is 32.7 Å². The Balaban J connectivity index is 1.56. The van der Waals surface area contributed by atoms with Crippen molar-refractivity contribution in [1.29, 1.82) is 0 Å². The van der Waals surface area contributed by atoms with Gasteiger partial charge in [0.1, 0.15) is 0 Å². The normalized spacial score (nSPS) is 14.5. The number of urea groups is 1. The lowest BCUT2D eigenvalue weighted by molar-refractivity contribution is 0.193. The standard InChI is InChI=1S/C19H20F3N3O/c1-13-4-2-3-5-14(13)12-23-19(26)25-10-8-24(9-11-25)16-7-6-15(20)17(21)18(16)22/h2-7H,8-12H2,1H3,(H,23,26). The Morgan fingerprint density at radius 2 is 1.69 bits per heavy atom. The Hall–Kier alpha value is -2.70. The summed E-state index contributed by atoms with van der Waals surface area (Å²) >= 11 is 0. The fourth-order valence-corrected chi connectivity index (χ4v) is 3.00. The van der Waals surface area contributed by atoms with Gasteiger partial charge in [0.2, 0.25) is 0 Å². The second kappa shape index (κ2) is 7.68. The summed E-state index contributed by atoms with van der Waals surface area (Å²) in [6.07, 6.45) is 0. The van der Waals surface area contributed by atoms with Crippen LogP contribution >= 0.6 is 0 Å². The van der Waals surface area contributed by atoms with Crippen LogP contribution in [0.5, 0.6) is 0 Å². The van der Waals surface area contributed by atoms with Gasteiger partial charge in [-0.25, -0.2) is 18.0 Å². The Labute approximate surface area is 150 Å². The van der Waals surface area contributed by atoms with Crippen LogP contribution in [0.1, 0.15) is 11.1 Å². The fraction of sp³-hybridized carbons (Fsp3) is 0.316. The number of benzene rings is 2. The first-order chi connectivity index (χ1) is 12.5. The number of hydrogen-bond donors (Lipinski definition) is 1. The largest absolute Gasteiger partial charge is 0.366 e. The third kappa shape index (κ3) is 3.76. The van der Waals surface area contributed by atoms with Gasteiger partial charge in [0.25, 0.3) is 0 Å². The van der Waals surface area contributed by atoms with Crippen molar-refractivity contribution in [2.75, 3.05) is 31.1 Å². The average molecular weight is 363 g/mol. The number of anilines is 1. The number of amides is 2. The molecule has 2 aromatic rings. The maximum Gasteiger partial charge on any atom is 0.317 e. The molecule has 0 bridgehead atoms. The molecule has 2 aromatic carbocycles. The predicted molar refractivity (Wildman–Crippen MR) is 93.5 cm³/mol. The molecule has 138 valence electrons. The van der Waals surface area contributed by atoms with Crippen LogP contribution < -0.4 is 10.2 Å². The average Bonchev–Trinajstić information content (AvgIpc) is 2.65. The number of rotatable bonds is 3. The van der Waals surface area contributed by atoms with E-state index < -0.39 is 17.5 Å². The molecular weight excluding hydrogens is 343 g/mol. The number of piperazine rings is 1. The lowest BCUT2D eigenvalue weighted by Gasteiger charge is -2.36. The highest BCUT2D eigenvalue weighted by molar-refractivity contribution is 5.74. The van der Waals surface area contributed by atoms with E-state index in [2.05, 4.69) is 5.32 Å². The van der Waals surface area contributed by atoms with Crippen LogP contribution in [0.15, 0.2) is 36.4 Å². The summed E-state index contributed by atoms with van der Waals surface area (Å²) in [7, 11) is 0. The number of nitrogens with zero attached hydrogens (tertiary/aromatic N) is 2. The van der Waals surface area contributed by atoms with Crippen LogP contribution in [0, 0.1) is 24.4 Å². The minimum absolute atomic E-state index is 0.0175. The first-order valence-corrected chi connectivity index (χ1v) is 8.43. The summed E-state index contributed by atoms with van der Waals surface area (Å²) in [5.74, 6) is -3.87. The van der Waals surface area contributed by atoms with Crippen molar-refractivity contribution in [1.82, 2.24) is 10.2 Å². The summed E-state index contributed by atoms with van der Waals surface area (Å²) in [4.78, 5) is 15.5. The molecule has 1 fully saturated rings. The minimum Gasteiger partial charge on any atom is -0.366 e. The Morgan fingerprint density at radius 3 is 2.38 bits per heavy atom. The van der Waals surface area contributed by atoms with Crippen LogP contribution in [0.25, 0.3) is 0 Å². The third-order valence-electron chi connectivity index (χ3n) is 4.61. The van der Waals surface area contributed by atoms with Crippen LogP contribution in [0.2, 0.25) is 0 Å². The van der Waals surface area contributed by atoms with Crippen LogP contribution in [-0.4, -0.2) is 37.1 Å². The van der Waals surface area contributed by atoms with E-state index in [-0.39, 0.29) is 11.7 Å².